The van der Waals surface area contributed by atoms with Crippen molar-refractivity contribution in [1.82, 2.24) is 5.32 Å². The van der Waals surface area contributed by atoms with Gasteiger partial charge >= 0.3 is 0 Å². The first kappa shape index (κ1) is 14.2. The molecule has 0 fully saturated rings. The van der Waals surface area contributed by atoms with Crippen LogP contribution in [0.5, 0.6) is 0 Å². The van der Waals surface area contributed by atoms with E-state index in [2.05, 4.69) is 25.2 Å². The summed E-state index contributed by atoms with van der Waals surface area (Å²) in [5.41, 5.74) is 3.10. The summed E-state index contributed by atoms with van der Waals surface area (Å²) in [6.45, 7) is 9.07. The third-order valence-corrected chi connectivity index (χ3v) is 4.56. The number of rotatable bonds is 4. The van der Waals surface area contributed by atoms with Crippen molar-refractivity contribution in [2.75, 3.05) is 6.54 Å². The van der Waals surface area contributed by atoms with Gasteiger partial charge in [0.25, 0.3) is 0 Å². The van der Waals surface area contributed by atoms with Crippen LogP contribution in [0, 0.1) is 26.6 Å². The van der Waals surface area contributed by atoms with E-state index in [0.29, 0.717) is 0 Å². The van der Waals surface area contributed by atoms with Gasteiger partial charge in [0, 0.05) is 15.3 Å². The van der Waals surface area contributed by atoms with Gasteiger partial charge in [-0.15, -0.1) is 11.3 Å². The normalized spacial score (nSPS) is 12.7. The van der Waals surface area contributed by atoms with Gasteiger partial charge in [0.15, 0.2) is 0 Å². The summed E-state index contributed by atoms with van der Waals surface area (Å²) in [6, 6.07) is 7.42. The van der Waals surface area contributed by atoms with Crippen molar-refractivity contribution in [3.8, 4) is 0 Å². The van der Waals surface area contributed by atoms with E-state index in [0.717, 1.165) is 17.7 Å². The molecule has 0 aliphatic heterocycles. The number of aryl methyl sites for hydroxylation is 3. The van der Waals surface area contributed by atoms with E-state index in [-0.39, 0.29) is 11.9 Å². The van der Waals surface area contributed by atoms with Crippen molar-refractivity contribution in [2.24, 2.45) is 0 Å². The fraction of sp³-hybridized carbons (Fsp3) is 0.375. The zero-order valence-electron chi connectivity index (χ0n) is 11.9. The highest BCUT2D eigenvalue weighted by Gasteiger charge is 2.19. The molecule has 0 saturated carbocycles. The molecular weight excluding hydrogens is 257 g/mol. The van der Waals surface area contributed by atoms with Crippen LogP contribution in [0.1, 0.15) is 39.4 Å². The molecule has 0 bridgehead atoms. The van der Waals surface area contributed by atoms with Crippen LogP contribution in [0.15, 0.2) is 24.3 Å². The van der Waals surface area contributed by atoms with E-state index in [4.69, 9.17) is 0 Å². The fourth-order valence-corrected chi connectivity index (χ4v) is 3.33. The summed E-state index contributed by atoms with van der Waals surface area (Å²) in [4.78, 5) is 2.48. The van der Waals surface area contributed by atoms with Crippen molar-refractivity contribution >= 4 is 11.3 Å². The zero-order chi connectivity index (χ0) is 14.0. The Morgan fingerprint density at radius 1 is 1.21 bits per heavy atom. The Balaban J connectivity index is 2.47. The minimum atomic E-state index is -0.139. The fourth-order valence-electron chi connectivity index (χ4n) is 2.20. The Hall–Kier alpha value is -1.19. The van der Waals surface area contributed by atoms with Crippen molar-refractivity contribution in [2.45, 2.75) is 33.7 Å². The lowest BCUT2D eigenvalue weighted by molar-refractivity contribution is 0.562. The smallest absolute Gasteiger partial charge is 0.128 e. The minimum Gasteiger partial charge on any atom is -0.306 e. The third-order valence-electron chi connectivity index (χ3n) is 3.34. The highest BCUT2D eigenvalue weighted by Crippen LogP contribution is 2.32. The second-order valence-corrected chi connectivity index (χ2v) is 6.19. The zero-order valence-corrected chi connectivity index (χ0v) is 12.7. The van der Waals surface area contributed by atoms with Gasteiger partial charge < -0.3 is 5.32 Å². The van der Waals surface area contributed by atoms with Crippen LogP contribution in [0.2, 0.25) is 0 Å². The van der Waals surface area contributed by atoms with Gasteiger partial charge in [-0.1, -0.05) is 24.6 Å². The Morgan fingerprint density at radius 3 is 2.53 bits per heavy atom. The molecule has 1 nitrogen and oxygen atoms in total. The Labute approximate surface area is 118 Å². The molecular formula is C16H20FNS. The van der Waals surface area contributed by atoms with E-state index >= 15 is 0 Å². The maximum absolute atomic E-state index is 14.1. The van der Waals surface area contributed by atoms with Crippen LogP contribution in [0.3, 0.4) is 0 Å². The summed E-state index contributed by atoms with van der Waals surface area (Å²) in [5.74, 6) is -0.139. The SMILES string of the molecule is CCNC(c1cc(C)c(C)s1)c1cc(C)ccc1F. The van der Waals surface area contributed by atoms with Gasteiger partial charge in [0.2, 0.25) is 0 Å². The second kappa shape index (κ2) is 5.85. The molecule has 19 heavy (non-hydrogen) atoms. The average molecular weight is 277 g/mol. The Morgan fingerprint density at radius 2 is 1.95 bits per heavy atom. The average Bonchev–Trinajstić information content (AvgIpc) is 2.70. The summed E-state index contributed by atoms with van der Waals surface area (Å²) in [7, 11) is 0. The second-order valence-electron chi connectivity index (χ2n) is 4.90. The molecule has 0 radical (unpaired) electrons. The van der Waals surface area contributed by atoms with Crippen molar-refractivity contribution in [3.05, 3.63) is 56.5 Å². The molecule has 0 aliphatic rings. The molecule has 1 heterocycles. The van der Waals surface area contributed by atoms with Gasteiger partial charge in [-0.05, 0) is 45.0 Å². The van der Waals surface area contributed by atoms with Crippen LogP contribution >= 0.6 is 11.3 Å². The largest absolute Gasteiger partial charge is 0.306 e. The van der Waals surface area contributed by atoms with Gasteiger partial charge in [0.1, 0.15) is 5.82 Å². The lowest BCUT2D eigenvalue weighted by Crippen LogP contribution is -2.22. The minimum absolute atomic E-state index is 0.0534. The first-order valence-corrected chi connectivity index (χ1v) is 7.41. The van der Waals surface area contributed by atoms with Crippen LogP contribution < -0.4 is 5.32 Å². The quantitative estimate of drug-likeness (QED) is 0.867. The van der Waals surface area contributed by atoms with Gasteiger partial charge in [-0.2, -0.15) is 0 Å². The van der Waals surface area contributed by atoms with E-state index in [1.165, 1.54) is 15.3 Å². The highest BCUT2D eigenvalue weighted by molar-refractivity contribution is 7.12. The summed E-state index contributed by atoms with van der Waals surface area (Å²) in [6.07, 6.45) is 0. The van der Waals surface area contributed by atoms with E-state index in [9.17, 15) is 4.39 Å². The third kappa shape index (κ3) is 3.04. The molecule has 2 rings (SSSR count). The molecule has 0 amide bonds. The van der Waals surface area contributed by atoms with Gasteiger partial charge in [-0.25, -0.2) is 4.39 Å². The van der Waals surface area contributed by atoms with Crippen LogP contribution in [0.4, 0.5) is 4.39 Å². The lowest BCUT2D eigenvalue weighted by Gasteiger charge is -2.18. The summed E-state index contributed by atoms with van der Waals surface area (Å²) >= 11 is 1.74. The molecule has 102 valence electrons. The highest BCUT2D eigenvalue weighted by atomic mass is 32.1. The van der Waals surface area contributed by atoms with Crippen LogP contribution in [-0.4, -0.2) is 6.54 Å². The number of thiophene rings is 1. The molecule has 0 spiro atoms. The molecule has 2 aromatic rings. The van der Waals surface area contributed by atoms with E-state index in [1.54, 1.807) is 17.4 Å². The Bertz CT molecular complexity index is 555. The Kier molecular flexibility index (Phi) is 4.38. The molecule has 1 aromatic heterocycles. The number of benzene rings is 1. The molecule has 3 heteroatoms. The molecule has 1 unspecified atom stereocenters. The number of hydrogen-bond donors (Lipinski definition) is 1. The van der Waals surface area contributed by atoms with Crippen LogP contribution in [0.25, 0.3) is 0 Å². The van der Waals surface area contributed by atoms with Crippen molar-refractivity contribution < 1.29 is 4.39 Å². The number of halogens is 1. The van der Waals surface area contributed by atoms with E-state index in [1.807, 2.05) is 26.0 Å². The van der Waals surface area contributed by atoms with E-state index < -0.39 is 0 Å². The first-order valence-electron chi connectivity index (χ1n) is 6.59. The molecule has 1 aromatic carbocycles. The number of hydrogen-bond acceptors (Lipinski definition) is 2. The predicted molar refractivity (Wildman–Crippen MR) is 80.4 cm³/mol. The van der Waals surface area contributed by atoms with Crippen molar-refractivity contribution in [3.63, 3.8) is 0 Å². The molecule has 0 saturated heterocycles. The maximum Gasteiger partial charge on any atom is 0.128 e. The molecule has 1 N–H and O–H groups in total. The monoisotopic (exact) mass is 277 g/mol. The molecule has 1 atom stereocenters. The summed E-state index contributed by atoms with van der Waals surface area (Å²) < 4.78 is 14.1. The predicted octanol–water partition coefficient (Wildman–Crippen LogP) is 4.51. The van der Waals surface area contributed by atoms with Crippen molar-refractivity contribution in [1.29, 1.82) is 0 Å². The molecule has 0 aliphatic carbocycles. The topological polar surface area (TPSA) is 12.0 Å². The first-order chi connectivity index (χ1) is 9.02. The standard InChI is InChI=1S/C16H20FNS/c1-5-18-16(15-9-11(3)12(4)19-15)13-8-10(2)6-7-14(13)17/h6-9,16,18H,5H2,1-4H3. The lowest BCUT2D eigenvalue weighted by atomic mass is 10.0. The number of nitrogens with one attached hydrogen (secondary N) is 1. The van der Waals surface area contributed by atoms with Gasteiger partial charge in [0.05, 0.1) is 6.04 Å². The maximum atomic E-state index is 14.1. The van der Waals surface area contributed by atoms with Gasteiger partial charge in [-0.3, -0.25) is 0 Å². The summed E-state index contributed by atoms with van der Waals surface area (Å²) in [5, 5.41) is 3.39. The van der Waals surface area contributed by atoms with Crippen LogP contribution in [-0.2, 0) is 0 Å².